The van der Waals surface area contributed by atoms with Crippen LogP contribution in [0.25, 0.3) is 0 Å². The Morgan fingerprint density at radius 2 is 0.850 bits per heavy atom. The maximum absolute atomic E-state index is 11.6. The van der Waals surface area contributed by atoms with E-state index >= 15 is 0 Å². The van der Waals surface area contributed by atoms with Gasteiger partial charge in [0.15, 0.2) is 0 Å². The first-order valence-electron chi connectivity index (χ1n) is 5.30. The van der Waals surface area contributed by atoms with E-state index in [9.17, 15) is 19.8 Å². The molecule has 0 saturated carbocycles. The van der Waals surface area contributed by atoms with Crippen molar-refractivity contribution in [1.29, 1.82) is 0 Å². The van der Waals surface area contributed by atoms with Crippen LogP contribution >= 0.6 is 47.0 Å². The second-order valence-corrected chi connectivity index (χ2v) is 6.76. The molecular formula is C12H14O4S4. The van der Waals surface area contributed by atoms with Crippen molar-refractivity contribution in [3.8, 4) is 0 Å². The molecule has 0 spiro atoms. The van der Waals surface area contributed by atoms with Gasteiger partial charge in [0.05, 0.1) is 11.1 Å². The maximum atomic E-state index is 11.6. The van der Waals surface area contributed by atoms with E-state index < -0.39 is 11.9 Å². The largest absolute Gasteiger partial charge is 0.478 e. The van der Waals surface area contributed by atoms with Crippen molar-refractivity contribution in [2.75, 3.05) is 25.0 Å². The Hall–Kier alpha value is -0.440. The Kier molecular flexibility index (Phi) is 6.63. The first kappa shape index (κ1) is 17.6. The average Bonchev–Trinajstić information content (AvgIpc) is 2.42. The van der Waals surface area contributed by atoms with Gasteiger partial charge in [-0.25, -0.2) is 9.59 Å². The number of carboxylic acids is 2. The minimum absolute atomic E-state index is 0.198. The van der Waals surface area contributed by atoms with Crippen LogP contribution in [0.4, 0.5) is 0 Å². The lowest BCUT2D eigenvalue weighted by molar-refractivity contribution is 0.0667. The highest BCUT2D eigenvalue weighted by Crippen LogP contribution is 2.45. The van der Waals surface area contributed by atoms with Gasteiger partial charge in [-0.15, -0.1) is 47.0 Å². The van der Waals surface area contributed by atoms with Crippen molar-refractivity contribution >= 4 is 59.0 Å². The van der Waals surface area contributed by atoms with Gasteiger partial charge in [0.25, 0.3) is 0 Å². The lowest BCUT2D eigenvalue weighted by Gasteiger charge is -2.19. The molecule has 0 atom stereocenters. The van der Waals surface area contributed by atoms with Crippen molar-refractivity contribution in [2.45, 2.75) is 19.6 Å². The third-order valence-electron chi connectivity index (χ3n) is 2.56. The summed E-state index contributed by atoms with van der Waals surface area (Å²) in [6, 6.07) is 0. The zero-order chi connectivity index (χ0) is 15.4. The number of thioether (sulfide) groups is 4. The summed E-state index contributed by atoms with van der Waals surface area (Å²) < 4.78 is 0. The molecule has 1 rings (SSSR count). The molecule has 0 radical (unpaired) electrons. The van der Waals surface area contributed by atoms with Crippen LogP contribution in [0.5, 0.6) is 0 Å². The molecule has 0 bridgehead atoms. The number of hydrogen-bond acceptors (Lipinski definition) is 6. The normalized spacial score (nSPS) is 10.6. The summed E-state index contributed by atoms with van der Waals surface area (Å²) in [5.41, 5.74) is 0.396. The van der Waals surface area contributed by atoms with E-state index in [-0.39, 0.29) is 11.1 Å². The molecule has 0 aliphatic carbocycles. The van der Waals surface area contributed by atoms with Crippen LogP contribution in [0.2, 0.25) is 0 Å². The number of benzene rings is 1. The molecular weight excluding hydrogens is 336 g/mol. The molecule has 20 heavy (non-hydrogen) atoms. The fourth-order valence-electron chi connectivity index (χ4n) is 1.83. The maximum Gasteiger partial charge on any atom is 0.338 e. The van der Waals surface area contributed by atoms with E-state index in [0.717, 1.165) is 0 Å². The standard InChI is InChI=1S/C12H14O4S4/c1-17-7-5(11(13)14)9(19-3)10(20-4)6(12(15)16)8(7)18-2/h1-4H3,(H,13,14)(H,15,16). The molecule has 0 aliphatic rings. The Morgan fingerprint density at radius 3 is 0.950 bits per heavy atom. The summed E-state index contributed by atoms with van der Waals surface area (Å²) >= 11 is 5.07. The van der Waals surface area contributed by atoms with Gasteiger partial charge in [0.2, 0.25) is 0 Å². The summed E-state index contributed by atoms with van der Waals surface area (Å²) in [5, 5.41) is 19.0. The van der Waals surface area contributed by atoms with E-state index in [1.807, 2.05) is 0 Å². The summed E-state index contributed by atoms with van der Waals surface area (Å²) in [6.45, 7) is 0. The first-order valence-corrected chi connectivity index (χ1v) is 10.2. The molecule has 0 unspecified atom stereocenters. The lowest BCUT2D eigenvalue weighted by Crippen LogP contribution is -2.11. The van der Waals surface area contributed by atoms with Gasteiger partial charge in [-0.05, 0) is 25.0 Å². The minimum Gasteiger partial charge on any atom is -0.478 e. The van der Waals surface area contributed by atoms with E-state index in [1.165, 1.54) is 47.0 Å². The SMILES string of the molecule is CSc1c(SC)c(C(=O)O)c(SC)c(SC)c1C(=O)O. The summed E-state index contributed by atoms with van der Waals surface area (Å²) in [5.74, 6) is -2.05. The van der Waals surface area contributed by atoms with Crippen LogP contribution in [-0.2, 0) is 0 Å². The molecule has 0 saturated heterocycles. The number of carboxylic acid groups (broad SMARTS) is 2. The van der Waals surface area contributed by atoms with Crippen molar-refractivity contribution in [3.63, 3.8) is 0 Å². The minimum atomic E-state index is -1.03. The smallest absolute Gasteiger partial charge is 0.338 e. The predicted molar refractivity (Wildman–Crippen MR) is 87.5 cm³/mol. The number of carbonyl (C=O) groups is 2. The molecule has 4 nitrogen and oxygen atoms in total. The van der Waals surface area contributed by atoms with Crippen LogP contribution in [0.15, 0.2) is 19.6 Å². The van der Waals surface area contributed by atoms with Crippen molar-refractivity contribution in [3.05, 3.63) is 11.1 Å². The highest BCUT2D eigenvalue weighted by Gasteiger charge is 2.29. The highest BCUT2D eigenvalue weighted by atomic mass is 32.2. The molecule has 0 heterocycles. The number of rotatable bonds is 6. The van der Waals surface area contributed by atoms with E-state index in [1.54, 1.807) is 25.0 Å². The molecule has 1 aromatic carbocycles. The highest BCUT2D eigenvalue weighted by molar-refractivity contribution is 8.02. The van der Waals surface area contributed by atoms with Gasteiger partial charge in [-0.1, -0.05) is 0 Å². The Morgan fingerprint density at radius 1 is 0.650 bits per heavy atom. The lowest BCUT2D eigenvalue weighted by atomic mass is 10.1. The molecule has 0 amide bonds. The van der Waals surface area contributed by atoms with Gasteiger partial charge in [-0.3, -0.25) is 0 Å². The monoisotopic (exact) mass is 350 g/mol. The first-order chi connectivity index (χ1) is 9.44. The van der Waals surface area contributed by atoms with Crippen molar-refractivity contribution in [2.24, 2.45) is 0 Å². The van der Waals surface area contributed by atoms with Gasteiger partial charge in [0.1, 0.15) is 0 Å². The molecule has 1 aromatic rings. The second kappa shape index (κ2) is 7.53. The third-order valence-corrected chi connectivity index (χ3v) is 6.09. The van der Waals surface area contributed by atoms with Crippen LogP contribution < -0.4 is 0 Å². The molecule has 0 aliphatic heterocycles. The summed E-state index contributed by atoms with van der Waals surface area (Å²) in [7, 11) is 0. The predicted octanol–water partition coefficient (Wildman–Crippen LogP) is 3.97. The fraction of sp³-hybridized carbons (Fsp3) is 0.333. The Balaban J connectivity index is 3.98. The number of hydrogen-bond donors (Lipinski definition) is 2. The average molecular weight is 351 g/mol. The zero-order valence-corrected chi connectivity index (χ0v) is 14.6. The molecule has 0 fully saturated rings. The van der Waals surface area contributed by atoms with Crippen LogP contribution in [0.1, 0.15) is 20.7 Å². The fourth-order valence-corrected chi connectivity index (χ4v) is 5.68. The van der Waals surface area contributed by atoms with Crippen LogP contribution in [-0.4, -0.2) is 47.2 Å². The molecule has 2 N–H and O–H groups in total. The molecule has 8 heteroatoms. The number of aromatic carboxylic acids is 2. The van der Waals surface area contributed by atoms with Crippen molar-refractivity contribution in [1.82, 2.24) is 0 Å². The second-order valence-electron chi connectivity index (χ2n) is 3.49. The molecule has 110 valence electrons. The van der Waals surface area contributed by atoms with Gasteiger partial charge in [-0.2, -0.15) is 0 Å². The topological polar surface area (TPSA) is 74.6 Å². The summed E-state index contributed by atoms with van der Waals surface area (Å²) in [6.07, 6.45) is 7.04. The molecule has 0 aromatic heterocycles. The Labute approximate surface area is 134 Å². The third kappa shape index (κ3) is 3.08. The zero-order valence-electron chi connectivity index (χ0n) is 11.3. The van der Waals surface area contributed by atoms with E-state index in [2.05, 4.69) is 0 Å². The summed E-state index contributed by atoms with van der Waals surface area (Å²) in [4.78, 5) is 25.2. The van der Waals surface area contributed by atoms with Crippen molar-refractivity contribution < 1.29 is 19.8 Å². The van der Waals surface area contributed by atoms with Gasteiger partial charge >= 0.3 is 11.9 Å². The van der Waals surface area contributed by atoms with E-state index in [4.69, 9.17) is 0 Å². The van der Waals surface area contributed by atoms with Gasteiger partial charge < -0.3 is 10.2 Å². The Bertz CT molecular complexity index is 475. The van der Waals surface area contributed by atoms with E-state index in [0.29, 0.717) is 19.6 Å². The van der Waals surface area contributed by atoms with Crippen LogP contribution in [0.3, 0.4) is 0 Å². The van der Waals surface area contributed by atoms with Gasteiger partial charge in [0, 0.05) is 19.6 Å². The van der Waals surface area contributed by atoms with Crippen LogP contribution in [0, 0.1) is 0 Å². The quantitative estimate of drug-likeness (QED) is 0.747.